The van der Waals surface area contributed by atoms with Crippen molar-refractivity contribution < 1.29 is 9.72 Å². The number of anilines is 2. The number of nitrogens with two attached hydrogens (primary N) is 1. The van der Waals surface area contributed by atoms with E-state index in [1.807, 2.05) is 44.2 Å². The lowest BCUT2D eigenvalue weighted by Crippen LogP contribution is -2.15. The molecule has 0 atom stereocenters. The van der Waals surface area contributed by atoms with Crippen LogP contribution < -0.4 is 11.1 Å². The molecule has 2 heterocycles. The van der Waals surface area contributed by atoms with Crippen molar-refractivity contribution >= 4 is 51.5 Å². The maximum atomic E-state index is 13.5. The number of nitrogens with zero attached hydrogens (tertiary/aromatic N) is 5. The number of nitro groups is 1. The molecule has 0 aliphatic heterocycles. The first-order valence-electron chi connectivity index (χ1n) is 11.1. The number of hydrogen-bond acceptors (Lipinski definition) is 7. The van der Waals surface area contributed by atoms with E-state index < -0.39 is 10.8 Å². The average molecular weight is 480 g/mol. The highest BCUT2D eigenvalue weighted by atomic mass is 16.6. The van der Waals surface area contributed by atoms with E-state index in [1.54, 1.807) is 24.3 Å². The minimum absolute atomic E-state index is 0.0461. The summed E-state index contributed by atoms with van der Waals surface area (Å²) in [5.41, 5.74) is 11.4. The van der Waals surface area contributed by atoms with E-state index in [9.17, 15) is 14.9 Å². The summed E-state index contributed by atoms with van der Waals surface area (Å²) < 4.78 is 1.33. The first-order chi connectivity index (χ1) is 17.3. The van der Waals surface area contributed by atoms with Gasteiger partial charge < -0.3 is 11.1 Å². The van der Waals surface area contributed by atoms with E-state index in [0.717, 1.165) is 11.1 Å². The molecule has 3 aromatic carbocycles. The highest BCUT2D eigenvalue weighted by Crippen LogP contribution is 2.29. The highest BCUT2D eigenvalue weighted by Gasteiger charge is 2.24. The normalized spacial score (nSPS) is 11.4. The molecule has 0 fully saturated rings. The van der Waals surface area contributed by atoms with Crippen LogP contribution in [0, 0.1) is 24.0 Å². The molecule has 0 unspecified atom stereocenters. The third kappa shape index (κ3) is 4.11. The topological polar surface area (TPSA) is 141 Å². The molecule has 0 saturated carbocycles. The van der Waals surface area contributed by atoms with E-state index in [1.165, 1.54) is 23.0 Å². The van der Waals surface area contributed by atoms with E-state index in [0.29, 0.717) is 33.4 Å². The second kappa shape index (κ2) is 8.91. The van der Waals surface area contributed by atoms with Crippen molar-refractivity contribution in [1.29, 1.82) is 0 Å². The minimum Gasteiger partial charge on any atom is -0.383 e. The van der Waals surface area contributed by atoms with Gasteiger partial charge in [-0.1, -0.05) is 36.4 Å². The average Bonchev–Trinajstić information content (AvgIpc) is 3.13. The van der Waals surface area contributed by atoms with Crippen molar-refractivity contribution in [3.05, 3.63) is 99.1 Å². The van der Waals surface area contributed by atoms with Gasteiger partial charge in [-0.25, -0.2) is 9.97 Å². The molecular weight excluding hydrogens is 458 g/mol. The second-order valence-corrected chi connectivity index (χ2v) is 8.33. The fourth-order valence-electron chi connectivity index (χ4n) is 3.89. The van der Waals surface area contributed by atoms with Crippen molar-refractivity contribution in [3.63, 3.8) is 0 Å². The molecule has 2 aromatic heterocycles. The summed E-state index contributed by atoms with van der Waals surface area (Å²) in [5, 5.41) is 18.5. The van der Waals surface area contributed by atoms with Crippen LogP contribution in [0.4, 0.5) is 17.2 Å². The number of nitrogens with one attached hydrogen (secondary N) is 1. The number of nitro benzene ring substituents is 1. The summed E-state index contributed by atoms with van der Waals surface area (Å²) >= 11 is 0. The molecule has 0 saturated heterocycles. The lowest BCUT2D eigenvalue weighted by atomic mass is 10.1. The molecule has 0 spiro atoms. The third-order valence-corrected chi connectivity index (χ3v) is 5.75. The Kier molecular flexibility index (Phi) is 5.61. The summed E-state index contributed by atoms with van der Waals surface area (Å²) in [6, 6.07) is 19.1. The van der Waals surface area contributed by atoms with E-state index >= 15 is 0 Å². The molecule has 5 rings (SSSR count). The zero-order chi connectivity index (χ0) is 25.4. The Balaban J connectivity index is 1.66. The summed E-state index contributed by atoms with van der Waals surface area (Å²) in [6.07, 6.45) is 1.42. The van der Waals surface area contributed by atoms with Crippen LogP contribution >= 0.6 is 0 Å². The van der Waals surface area contributed by atoms with Gasteiger partial charge in [-0.15, -0.1) is 0 Å². The summed E-state index contributed by atoms with van der Waals surface area (Å²) in [6.45, 7) is 3.84. The van der Waals surface area contributed by atoms with Crippen molar-refractivity contribution in [2.24, 2.45) is 5.10 Å². The Bertz CT molecular complexity index is 1710. The lowest BCUT2D eigenvalue weighted by Gasteiger charge is -2.09. The quantitative estimate of drug-likeness (QED) is 0.210. The Morgan fingerprint density at radius 1 is 1.06 bits per heavy atom. The SMILES string of the molecule is Cc1ccc(C)c(NC(=O)c2c(N)n(/N=C/c3cccc([N+](=O)[O-])c3)c3nc4ccccc4nc23)c1. The van der Waals surface area contributed by atoms with Gasteiger partial charge in [0.05, 0.1) is 22.2 Å². The number of rotatable bonds is 5. The number of hydrogen-bond donors (Lipinski definition) is 2. The van der Waals surface area contributed by atoms with Gasteiger partial charge in [-0.3, -0.25) is 14.9 Å². The molecule has 0 bridgehead atoms. The smallest absolute Gasteiger partial charge is 0.270 e. The highest BCUT2D eigenvalue weighted by molar-refractivity contribution is 6.16. The Morgan fingerprint density at radius 3 is 2.56 bits per heavy atom. The zero-order valence-corrected chi connectivity index (χ0v) is 19.5. The van der Waals surface area contributed by atoms with Crippen molar-refractivity contribution in [3.8, 4) is 0 Å². The molecule has 10 nitrogen and oxygen atoms in total. The number of amides is 1. The van der Waals surface area contributed by atoms with Crippen LogP contribution in [0.25, 0.3) is 22.2 Å². The van der Waals surface area contributed by atoms with Gasteiger partial charge in [0.1, 0.15) is 16.9 Å². The van der Waals surface area contributed by atoms with Gasteiger partial charge >= 0.3 is 0 Å². The number of nitrogen functional groups attached to an aromatic ring is 1. The largest absolute Gasteiger partial charge is 0.383 e. The monoisotopic (exact) mass is 479 g/mol. The Labute approximate surface area is 205 Å². The van der Waals surface area contributed by atoms with Gasteiger partial charge in [-0.05, 0) is 43.2 Å². The standard InChI is InChI=1S/C26H21N7O3/c1-15-10-11-16(2)21(12-15)31-26(34)22-23-25(30-20-9-4-3-8-19(20)29-23)32(24(22)27)28-14-17-6-5-7-18(13-17)33(35)36/h3-14H,27H2,1-2H3,(H,31,34)/b28-14+. The Hall–Kier alpha value is -5.12. The lowest BCUT2D eigenvalue weighted by molar-refractivity contribution is -0.384. The first-order valence-corrected chi connectivity index (χ1v) is 11.1. The summed E-state index contributed by atoms with van der Waals surface area (Å²) in [4.78, 5) is 33.4. The van der Waals surface area contributed by atoms with Crippen molar-refractivity contribution in [2.75, 3.05) is 11.1 Å². The van der Waals surface area contributed by atoms with Crippen molar-refractivity contribution in [1.82, 2.24) is 14.6 Å². The number of non-ortho nitro benzene ring substituents is 1. The number of carbonyl (C=O) groups excluding carboxylic acids is 1. The number of fused-ring (bicyclic) bond motifs is 2. The maximum Gasteiger partial charge on any atom is 0.270 e. The fraction of sp³-hybridized carbons (Fsp3) is 0.0769. The van der Waals surface area contributed by atoms with E-state index in [-0.39, 0.29) is 17.1 Å². The van der Waals surface area contributed by atoms with Crippen LogP contribution in [-0.2, 0) is 0 Å². The van der Waals surface area contributed by atoms with Crippen LogP contribution in [0.5, 0.6) is 0 Å². The van der Waals surface area contributed by atoms with Gasteiger partial charge in [0, 0.05) is 23.4 Å². The van der Waals surface area contributed by atoms with Gasteiger partial charge in [0.15, 0.2) is 5.65 Å². The molecule has 1 amide bonds. The van der Waals surface area contributed by atoms with Gasteiger partial charge in [0.2, 0.25) is 0 Å². The summed E-state index contributed by atoms with van der Waals surface area (Å²) in [5.74, 6) is -0.398. The van der Waals surface area contributed by atoms with Crippen LogP contribution in [0.3, 0.4) is 0 Å². The molecule has 0 radical (unpaired) electrons. The predicted molar refractivity (Wildman–Crippen MR) is 139 cm³/mol. The maximum absolute atomic E-state index is 13.5. The zero-order valence-electron chi connectivity index (χ0n) is 19.5. The molecular formula is C26H21N7O3. The molecule has 3 N–H and O–H groups in total. The van der Waals surface area contributed by atoms with Gasteiger partial charge in [-0.2, -0.15) is 9.78 Å². The van der Waals surface area contributed by atoms with E-state index in [2.05, 4.69) is 20.4 Å². The molecule has 0 aliphatic carbocycles. The van der Waals surface area contributed by atoms with Crippen LogP contribution in [-0.4, -0.2) is 31.7 Å². The number of aromatic nitrogens is 3. The molecule has 36 heavy (non-hydrogen) atoms. The third-order valence-electron chi connectivity index (χ3n) is 5.75. The molecule has 178 valence electrons. The van der Waals surface area contributed by atoms with Crippen LogP contribution in [0.2, 0.25) is 0 Å². The molecule has 0 aliphatic rings. The number of para-hydroxylation sites is 2. The first kappa shape index (κ1) is 22.7. The minimum atomic E-state index is -0.482. The van der Waals surface area contributed by atoms with Crippen LogP contribution in [0.1, 0.15) is 27.0 Å². The number of benzene rings is 3. The van der Waals surface area contributed by atoms with Crippen molar-refractivity contribution in [2.45, 2.75) is 13.8 Å². The number of aryl methyl sites for hydroxylation is 2. The molecule has 10 heteroatoms. The second-order valence-electron chi connectivity index (χ2n) is 8.33. The fourth-order valence-corrected chi connectivity index (χ4v) is 3.89. The number of carbonyl (C=O) groups is 1. The molecule has 5 aromatic rings. The Morgan fingerprint density at radius 2 is 1.81 bits per heavy atom. The predicted octanol–water partition coefficient (Wildman–Crippen LogP) is 4.83. The van der Waals surface area contributed by atoms with Gasteiger partial charge in [0.25, 0.3) is 11.6 Å². The van der Waals surface area contributed by atoms with Crippen LogP contribution in [0.15, 0.2) is 71.8 Å². The summed E-state index contributed by atoms with van der Waals surface area (Å²) in [7, 11) is 0. The van der Waals surface area contributed by atoms with E-state index in [4.69, 9.17) is 5.73 Å².